The molecule has 5 nitrogen and oxygen atoms in total. The zero-order valence-corrected chi connectivity index (χ0v) is 8.40. The number of carbonyl (C=O) groups excluding carboxylic acids is 1. The third-order valence-electron chi connectivity index (χ3n) is 0.920. The van der Waals surface area contributed by atoms with Gasteiger partial charge in [0, 0.05) is 0 Å². The Morgan fingerprint density at radius 3 is 2.15 bits per heavy atom. The van der Waals surface area contributed by atoms with Crippen LogP contribution in [-0.2, 0) is 9.59 Å². The fourth-order valence-corrected chi connectivity index (χ4v) is 0.586. The maximum atomic E-state index is 10.7. The number of carbonyl (C=O) groups is 2. The van der Waals surface area contributed by atoms with E-state index in [0.29, 0.717) is 0 Å². The van der Waals surface area contributed by atoms with Crippen molar-refractivity contribution < 1.29 is 19.8 Å². The second kappa shape index (κ2) is 4.85. The Bertz CT molecular complexity index is 214. The molecule has 0 aliphatic heterocycles. The third kappa shape index (κ3) is 5.93. The summed E-state index contributed by atoms with van der Waals surface area (Å²) >= 11 is 15.5. The number of amides is 1. The van der Waals surface area contributed by atoms with Gasteiger partial charge < -0.3 is 15.5 Å². The summed E-state index contributed by atoms with van der Waals surface area (Å²) in [6.07, 6.45) is -2.53. The van der Waals surface area contributed by atoms with Crippen LogP contribution >= 0.6 is 34.8 Å². The van der Waals surface area contributed by atoms with Gasteiger partial charge >= 0.3 is 5.97 Å². The standard InChI is InChI=1S/C5H6Cl3NO4/c6-5(7,8)4(13)9-2(10)1-3(11)12/h4,13H,1H2,(H,9,10)(H,11,12). The summed E-state index contributed by atoms with van der Waals surface area (Å²) in [4.78, 5) is 20.7. The SMILES string of the molecule is O=C(O)CC(=O)NC(O)C(Cl)(Cl)Cl. The van der Waals surface area contributed by atoms with Crippen molar-refractivity contribution in [1.29, 1.82) is 0 Å². The van der Waals surface area contributed by atoms with Gasteiger partial charge in [0.25, 0.3) is 0 Å². The van der Waals surface area contributed by atoms with Crippen molar-refractivity contribution in [3.63, 3.8) is 0 Å². The molecule has 0 rings (SSSR count). The van der Waals surface area contributed by atoms with Gasteiger partial charge in [0.2, 0.25) is 9.70 Å². The van der Waals surface area contributed by atoms with Gasteiger partial charge in [-0.05, 0) is 0 Å². The van der Waals surface area contributed by atoms with Crippen molar-refractivity contribution in [2.24, 2.45) is 0 Å². The molecule has 1 unspecified atom stereocenters. The van der Waals surface area contributed by atoms with Crippen LogP contribution < -0.4 is 5.32 Å². The topological polar surface area (TPSA) is 86.6 Å². The van der Waals surface area contributed by atoms with E-state index in [1.165, 1.54) is 0 Å². The molecule has 0 aromatic carbocycles. The van der Waals surface area contributed by atoms with Gasteiger partial charge in [0.15, 0.2) is 6.23 Å². The number of nitrogens with one attached hydrogen (secondary N) is 1. The van der Waals surface area contributed by atoms with Crippen molar-refractivity contribution in [3.05, 3.63) is 0 Å². The van der Waals surface area contributed by atoms with Gasteiger partial charge in [-0.25, -0.2) is 0 Å². The normalized spacial score (nSPS) is 13.5. The van der Waals surface area contributed by atoms with Crippen LogP contribution in [0.2, 0.25) is 0 Å². The summed E-state index contributed by atoms with van der Waals surface area (Å²) in [5.74, 6) is -2.28. The largest absolute Gasteiger partial charge is 0.481 e. The van der Waals surface area contributed by atoms with Crippen LogP contribution in [0.3, 0.4) is 0 Å². The van der Waals surface area contributed by atoms with Crippen LogP contribution in [0.1, 0.15) is 6.42 Å². The summed E-state index contributed by atoms with van der Waals surface area (Å²) in [5, 5.41) is 18.9. The molecule has 76 valence electrons. The van der Waals surface area contributed by atoms with Crippen molar-refractivity contribution >= 4 is 46.7 Å². The van der Waals surface area contributed by atoms with Crippen LogP contribution in [0.25, 0.3) is 0 Å². The minimum Gasteiger partial charge on any atom is -0.481 e. The molecule has 13 heavy (non-hydrogen) atoms. The molecule has 0 bridgehead atoms. The van der Waals surface area contributed by atoms with Gasteiger partial charge in [-0.2, -0.15) is 0 Å². The van der Waals surface area contributed by atoms with Crippen LogP contribution in [0.5, 0.6) is 0 Å². The van der Waals surface area contributed by atoms with E-state index in [1.54, 1.807) is 5.32 Å². The fraction of sp³-hybridized carbons (Fsp3) is 0.600. The molecule has 0 aromatic rings. The maximum Gasteiger partial charge on any atom is 0.312 e. The summed E-state index contributed by atoms with van der Waals surface area (Å²) in [7, 11) is 0. The van der Waals surface area contributed by atoms with Crippen molar-refractivity contribution in [2.75, 3.05) is 0 Å². The number of aliphatic hydroxyl groups excluding tert-OH is 1. The minimum atomic E-state index is -2.08. The monoisotopic (exact) mass is 249 g/mol. The molecule has 0 radical (unpaired) electrons. The molecule has 0 fully saturated rings. The highest BCUT2D eigenvalue weighted by Crippen LogP contribution is 2.28. The second-order valence-electron chi connectivity index (χ2n) is 2.08. The first-order valence-electron chi connectivity index (χ1n) is 2.99. The van der Waals surface area contributed by atoms with Gasteiger partial charge in [0.05, 0.1) is 0 Å². The van der Waals surface area contributed by atoms with Gasteiger partial charge in [-0.15, -0.1) is 0 Å². The summed E-state index contributed by atoms with van der Waals surface area (Å²) in [5.41, 5.74) is 0. The summed E-state index contributed by atoms with van der Waals surface area (Å²) < 4.78 is -2.08. The average Bonchev–Trinajstić information content (AvgIpc) is 1.82. The number of carboxylic acids is 1. The first kappa shape index (κ1) is 12.8. The molecule has 0 aliphatic carbocycles. The molecule has 1 amide bonds. The quantitative estimate of drug-likeness (QED) is 0.381. The lowest BCUT2D eigenvalue weighted by Gasteiger charge is -2.19. The lowest BCUT2D eigenvalue weighted by atomic mass is 10.4. The molecular weight excluding hydrogens is 244 g/mol. The lowest BCUT2D eigenvalue weighted by molar-refractivity contribution is -0.141. The first-order chi connectivity index (χ1) is 5.73. The number of hydrogen-bond acceptors (Lipinski definition) is 3. The van der Waals surface area contributed by atoms with Crippen LogP contribution in [0.15, 0.2) is 0 Å². The Morgan fingerprint density at radius 1 is 1.38 bits per heavy atom. The lowest BCUT2D eigenvalue weighted by Crippen LogP contribution is -2.44. The van der Waals surface area contributed by atoms with E-state index in [0.717, 1.165) is 0 Å². The van der Waals surface area contributed by atoms with Crippen molar-refractivity contribution in [3.8, 4) is 0 Å². The molecule has 0 aliphatic rings. The van der Waals surface area contributed by atoms with E-state index in [-0.39, 0.29) is 0 Å². The number of rotatable bonds is 3. The van der Waals surface area contributed by atoms with E-state index >= 15 is 0 Å². The molecule has 8 heteroatoms. The Labute approximate surface area is 88.6 Å². The van der Waals surface area contributed by atoms with Crippen molar-refractivity contribution in [1.82, 2.24) is 5.32 Å². The zero-order chi connectivity index (χ0) is 10.6. The Morgan fingerprint density at radius 2 is 1.85 bits per heavy atom. The molecule has 0 saturated carbocycles. The molecule has 0 aromatic heterocycles. The van der Waals surface area contributed by atoms with E-state index in [2.05, 4.69) is 0 Å². The molecule has 0 spiro atoms. The highest BCUT2D eigenvalue weighted by atomic mass is 35.6. The Kier molecular flexibility index (Phi) is 4.77. The number of aliphatic carboxylic acids is 1. The van der Waals surface area contributed by atoms with E-state index in [4.69, 9.17) is 45.0 Å². The predicted molar refractivity (Wildman–Crippen MR) is 46.7 cm³/mol. The molecule has 0 heterocycles. The molecule has 1 atom stereocenters. The van der Waals surface area contributed by atoms with Gasteiger partial charge in [-0.3, -0.25) is 9.59 Å². The van der Waals surface area contributed by atoms with E-state index < -0.39 is 28.3 Å². The van der Waals surface area contributed by atoms with E-state index in [9.17, 15) is 9.59 Å². The number of hydrogen-bond donors (Lipinski definition) is 3. The number of carboxylic acid groups (broad SMARTS) is 1. The van der Waals surface area contributed by atoms with Gasteiger partial charge in [0.1, 0.15) is 6.42 Å². The highest BCUT2D eigenvalue weighted by molar-refractivity contribution is 6.68. The van der Waals surface area contributed by atoms with Gasteiger partial charge in [-0.1, -0.05) is 34.8 Å². The number of aliphatic hydroxyl groups is 1. The minimum absolute atomic E-state index is 0.794. The maximum absolute atomic E-state index is 10.7. The highest BCUT2D eigenvalue weighted by Gasteiger charge is 2.32. The number of halogens is 3. The summed E-state index contributed by atoms with van der Waals surface area (Å²) in [6.45, 7) is 0. The zero-order valence-electron chi connectivity index (χ0n) is 6.13. The Balaban J connectivity index is 4.00. The molecular formula is C5H6Cl3NO4. The fourth-order valence-electron chi connectivity index (χ4n) is 0.423. The predicted octanol–water partition coefficient (Wildman–Crippen LogP) is 0.266. The second-order valence-corrected chi connectivity index (χ2v) is 4.45. The van der Waals surface area contributed by atoms with Crippen LogP contribution in [0, 0.1) is 0 Å². The average molecular weight is 250 g/mol. The first-order valence-corrected chi connectivity index (χ1v) is 4.13. The number of alkyl halides is 3. The molecule has 3 N–H and O–H groups in total. The van der Waals surface area contributed by atoms with E-state index in [1.807, 2.05) is 0 Å². The van der Waals surface area contributed by atoms with Crippen LogP contribution in [-0.4, -0.2) is 32.1 Å². The van der Waals surface area contributed by atoms with Crippen molar-refractivity contribution in [2.45, 2.75) is 16.4 Å². The summed E-state index contributed by atoms with van der Waals surface area (Å²) in [6, 6.07) is 0. The molecule has 0 saturated heterocycles. The third-order valence-corrected chi connectivity index (χ3v) is 1.54. The smallest absolute Gasteiger partial charge is 0.312 e. The van der Waals surface area contributed by atoms with Crippen LogP contribution in [0.4, 0.5) is 0 Å². The Hall–Kier alpha value is -0.230.